The number of hydrogen-bond donors (Lipinski definition) is 1. The number of thioether (sulfide) groups is 1. The van der Waals surface area contributed by atoms with Crippen LogP contribution in [0.2, 0.25) is 0 Å². The summed E-state index contributed by atoms with van der Waals surface area (Å²) < 4.78 is 2.47. The van der Waals surface area contributed by atoms with Crippen LogP contribution in [-0.2, 0) is 4.79 Å². The van der Waals surface area contributed by atoms with Crippen molar-refractivity contribution in [1.29, 1.82) is 0 Å². The lowest BCUT2D eigenvalue weighted by atomic mass is 10.2. The Morgan fingerprint density at radius 3 is 2.66 bits per heavy atom. The van der Waals surface area contributed by atoms with Crippen LogP contribution in [0.4, 0.5) is 5.13 Å². The van der Waals surface area contributed by atoms with Gasteiger partial charge in [-0.05, 0) is 48.9 Å². The van der Waals surface area contributed by atoms with Crippen molar-refractivity contribution < 1.29 is 4.79 Å². The zero-order valence-electron chi connectivity index (χ0n) is 17.0. The zero-order valence-corrected chi connectivity index (χ0v) is 18.6. The van der Waals surface area contributed by atoms with Gasteiger partial charge in [0, 0.05) is 6.20 Å². The number of aromatic nitrogens is 4. The van der Waals surface area contributed by atoms with E-state index < -0.39 is 0 Å². The van der Waals surface area contributed by atoms with Gasteiger partial charge in [0.05, 0.1) is 26.9 Å². The molecule has 2 aromatic carbocycles. The van der Waals surface area contributed by atoms with Gasteiger partial charge < -0.3 is 5.32 Å². The van der Waals surface area contributed by atoms with E-state index in [0.29, 0.717) is 27.0 Å². The SMILES string of the molecule is Cc1ccnc(-n2c(SCC(=O)Nc3nc4ccccc4s3)nc3ccccc3c2=O)c1. The number of carbonyl (C=O) groups excluding carboxylic acids is 1. The van der Waals surface area contributed by atoms with Crippen LogP contribution >= 0.6 is 23.1 Å². The fourth-order valence-corrected chi connectivity index (χ4v) is 4.95. The number of thiazole rings is 1. The highest BCUT2D eigenvalue weighted by Gasteiger charge is 2.16. The molecular formula is C23H17N5O2S2. The molecule has 0 unspecified atom stereocenters. The highest BCUT2D eigenvalue weighted by Crippen LogP contribution is 2.26. The Labute approximate surface area is 191 Å². The third kappa shape index (κ3) is 4.00. The highest BCUT2D eigenvalue weighted by atomic mass is 32.2. The molecule has 158 valence electrons. The van der Waals surface area contributed by atoms with Crippen LogP contribution in [0.25, 0.3) is 26.9 Å². The number of rotatable bonds is 5. The second-order valence-corrected chi connectivity index (χ2v) is 9.04. The van der Waals surface area contributed by atoms with Gasteiger partial charge in [-0.25, -0.2) is 19.5 Å². The number of hydrogen-bond acceptors (Lipinski definition) is 7. The molecule has 0 saturated heterocycles. The molecule has 1 N–H and O–H groups in total. The Morgan fingerprint density at radius 2 is 1.84 bits per heavy atom. The number of aryl methyl sites for hydroxylation is 1. The molecule has 0 spiro atoms. The first-order chi connectivity index (χ1) is 15.6. The quantitative estimate of drug-likeness (QED) is 0.309. The van der Waals surface area contributed by atoms with Crippen molar-refractivity contribution in [3.63, 3.8) is 0 Å². The molecule has 9 heteroatoms. The maximum absolute atomic E-state index is 13.3. The first-order valence-electron chi connectivity index (χ1n) is 9.81. The Balaban J connectivity index is 1.45. The fourth-order valence-electron chi connectivity index (χ4n) is 3.26. The maximum atomic E-state index is 13.3. The van der Waals surface area contributed by atoms with E-state index in [1.807, 2.05) is 49.4 Å². The van der Waals surface area contributed by atoms with Crippen LogP contribution in [0, 0.1) is 6.92 Å². The summed E-state index contributed by atoms with van der Waals surface area (Å²) in [7, 11) is 0. The number of amides is 1. The van der Waals surface area contributed by atoms with E-state index in [9.17, 15) is 9.59 Å². The maximum Gasteiger partial charge on any atom is 0.267 e. The molecule has 0 aliphatic heterocycles. The summed E-state index contributed by atoms with van der Waals surface area (Å²) in [6.07, 6.45) is 1.65. The van der Waals surface area contributed by atoms with E-state index in [2.05, 4.69) is 20.3 Å². The van der Waals surface area contributed by atoms with Crippen molar-refractivity contribution in [2.75, 3.05) is 11.1 Å². The Kier molecular flexibility index (Phi) is 5.42. The van der Waals surface area contributed by atoms with Crippen molar-refractivity contribution >= 4 is 55.3 Å². The molecular weight excluding hydrogens is 442 g/mol. The molecule has 0 radical (unpaired) electrons. The van der Waals surface area contributed by atoms with Crippen molar-refractivity contribution in [3.8, 4) is 5.82 Å². The molecule has 7 nitrogen and oxygen atoms in total. The molecule has 0 aliphatic rings. The molecule has 1 amide bonds. The molecule has 5 aromatic rings. The van der Waals surface area contributed by atoms with Crippen LogP contribution in [0.5, 0.6) is 0 Å². The molecule has 0 atom stereocenters. The van der Waals surface area contributed by atoms with E-state index >= 15 is 0 Å². The third-order valence-electron chi connectivity index (χ3n) is 4.75. The van der Waals surface area contributed by atoms with Crippen LogP contribution in [-0.4, -0.2) is 31.2 Å². The topological polar surface area (TPSA) is 89.8 Å². The standard InChI is InChI=1S/C23H17N5O2S2/c1-14-10-11-24-19(12-14)28-21(30)15-6-2-3-7-16(15)26-23(28)31-13-20(29)27-22-25-17-8-4-5-9-18(17)32-22/h2-12H,13H2,1H3,(H,25,27,29). The van der Waals surface area contributed by atoms with E-state index in [4.69, 9.17) is 0 Å². The number of pyridine rings is 1. The summed E-state index contributed by atoms with van der Waals surface area (Å²) in [6.45, 7) is 1.93. The van der Waals surface area contributed by atoms with Crippen molar-refractivity contribution in [3.05, 3.63) is 82.8 Å². The molecule has 0 aliphatic carbocycles. The number of carbonyl (C=O) groups is 1. The third-order valence-corrected chi connectivity index (χ3v) is 6.64. The summed E-state index contributed by atoms with van der Waals surface area (Å²) in [5.41, 5.74) is 2.17. The average Bonchev–Trinajstić information content (AvgIpc) is 3.20. The fraction of sp³-hybridized carbons (Fsp3) is 0.0870. The minimum Gasteiger partial charge on any atom is -0.301 e. The highest BCUT2D eigenvalue weighted by molar-refractivity contribution is 7.99. The molecule has 0 saturated carbocycles. The second kappa shape index (κ2) is 8.52. The van der Waals surface area contributed by atoms with Crippen LogP contribution < -0.4 is 10.9 Å². The van der Waals surface area contributed by atoms with E-state index in [-0.39, 0.29) is 17.2 Å². The van der Waals surface area contributed by atoms with Gasteiger partial charge in [0.15, 0.2) is 10.3 Å². The molecule has 32 heavy (non-hydrogen) atoms. The van der Waals surface area contributed by atoms with Gasteiger partial charge >= 0.3 is 0 Å². The first kappa shape index (κ1) is 20.3. The summed E-state index contributed by atoms with van der Waals surface area (Å²) in [4.78, 5) is 39.3. The van der Waals surface area contributed by atoms with Crippen molar-refractivity contribution in [1.82, 2.24) is 19.5 Å². The molecule has 0 bridgehead atoms. The van der Waals surface area contributed by atoms with Crippen molar-refractivity contribution in [2.24, 2.45) is 0 Å². The largest absolute Gasteiger partial charge is 0.301 e. The van der Waals surface area contributed by atoms with Crippen molar-refractivity contribution in [2.45, 2.75) is 12.1 Å². The number of nitrogens with zero attached hydrogens (tertiary/aromatic N) is 4. The molecule has 5 rings (SSSR count). The molecule has 0 fully saturated rings. The number of benzene rings is 2. The lowest BCUT2D eigenvalue weighted by molar-refractivity contribution is -0.113. The van der Waals surface area contributed by atoms with Crippen LogP contribution in [0.3, 0.4) is 0 Å². The predicted molar refractivity (Wildman–Crippen MR) is 129 cm³/mol. The number of anilines is 1. The van der Waals surface area contributed by atoms with E-state index in [1.54, 1.807) is 24.4 Å². The smallest absolute Gasteiger partial charge is 0.267 e. The van der Waals surface area contributed by atoms with Gasteiger partial charge in [-0.3, -0.25) is 9.59 Å². The summed E-state index contributed by atoms with van der Waals surface area (Å²) >= 11 is 2.61. The van der Waals surface area contributed by atoms with Gasteiger partial charge in [0.2, 0.25) is 5.91 Å². The molecule has 3 heterocycles. The Bertz CT molecular complexity index is 1490. The van der Waals surface area contributed by atoms with Crippen LogP contribution in [0.15, 0.2) is 76.8 Å². The van der Waals surface area contributed by atoms with Gasteiger partial charge in [0.25, 0.3) is 5.56 Å². The minimum absolute atomic E-state index is 0.0759. The number of fused-ring (bicyclic) bond motifs is 2. The lowest BCUT2D eigenvalue weighted by Crippen LogP contribution is -2.23. The Morgan fingerprint density at radius 1 is 1.06 bits per heavy atom. The number of nitrogens with one attached hydrogen (secondary N) is 1. The van der Waals surface area contributed by atoms with Gasteiger partial charge in [-0.1, -0.05) is 47.4 Å². The Hall–Kier alpha value is -3.56. The first-order valence-corrected chi connectivity index (χ1v) is 11.6. The van der Waals surface area contributed by atoms with Crippen LogP contribution in [0.1, 0.15) is 5.56 Å². The summed E-state index contributed by atoms with van der Waals surface area (Å²) in [5, 5.41) is 4.29. The second-order valence-electron chi connectivity index (χ2n) is 7.07. The molecule has 3 aromatic heterocycles. The average molecular weight is 460 g/mol. The van der Waals surface area contributed by atoms with E-state index in [0.717, 1.165) is 15.8 Å². The summed E-state index contributed by atoms with van der Waals surface area (Å²) in [6, 6.07) is 18.6. The predicted octanol–water partition coefficient (Wildman–Crippen LogP) is 4.43. The normalized spacial score (nSPS) is 11.2. The summed E-state index contributed by atoms with van der Waals surface area (Å²) in [5.74, 6) is 0.328. The van der Waals surface area contributed by atoms with Gasteiger partial charge in [0.1, 0.15) is 5.82 Å². The number of para-hydroxylation sites is 2. The minimum atomic E-state index is -0.222. The van der Waals surface area contributed by atoms with Gasteiger partial charge in [-0.15, -0.1) is 0 Å². The lowest BCUT2D eigenvalue weighted by Gasteiger charge is -2.12. The van der Waals surface area contributed by atoms with E-state index in [1.165, 1.54) is 27.7 Å². The monoisotopic (exact) mass is 459 g/mol. The zero-order chi connectivity index (χ0) is 22.1. The van der Waals surface area contributed by atoms with Gasteiger partial charge in [-0.2, -0.15) is 0 Å².